The molecule has 1 aromatic rings. The number of nitrogens with one attached hydrogen (secondary N) is 1. The molecule has 2 amide bonds. The summed E-state index contributed by atoms with van der Waals surface area (Å²) in [7, 11) is 0. The van der Waals surface area contributed by atoms with E-state index in [1.165, 1.54) is 0 Å². The van der Waals surface area contributed by atoms with Gasteiger partial charge in [-0.05, 0) is 38.0 Å². The number of hydrogen-bond acceptors (Lipinski definition) is 4. The van der Waals surface area contributed by atoms with Crippen molar-refractivity contribution in [3.8, 4) is 5.75 Å². The van der Waals surface area contributed by atoms with Gasteiger partial charge in [-0.15, -0.1) is 0 Å². The number of fused-ring (bicyclic) bond motifs is 1. The number of benzene rings is 1. The average molecular weight is 367 g/mol. The molecule has 6 nitrogen and oxygen atoms in total. The Morgan fingerprint density at radius 3 is 2.96 bits per heavy atom. The van der Waals surface area contributed by atoms with Crippen molar-refractivity contribution in [2.24, 2.45) is 0 Å². The maximum absolute atomic E-state index is 12.6. The largest absolute Gasteiger partial charge is 0.487 e. The third-order valence-electron chi connectivity index (χ3n) is 4.40. The van der Waals surface area contributed by atoms with Gasteiger partial charge in [-0.1, -0.05) is 11.6 Å². The summed E-state index contributed by atoms with van der Waals surface area (Å²) in [4.78, 5) is 26.2. The van der Waals surface area contributed by atoms with E-state index < -0.39 is 0 Å². The highest BCUT2D eigenvalue weighted by Crippen LogP contribution is 2.36. The smallest absolute Gasteiger partial charge is 0.227 e. The molecular weight excluding hydrogens is 344 g/mol. The Labute approximate surface area is 152 Å². The van der Waals surface area contributed by atoms with Crippen LogP contribution < -0.4 is 15.0 Å². The van der Waals surface area contributed by atoms with E-state index in [4.69, 9.17) is 21.1 Å². The van der Waals surface area contributed by atoms with E-state index >= 15 is 0 Å². The predicted molar refractivity (Wildman–Crippen MR) is 95.1 cm³/mol. The molecule has 0 spiro atoms. The van der Waals surface area contributed by atoms with Crippen molar-refractivity contribution in [3.05, 3.63) is 23.2 Å². The number of carbonyl (C=O) groups is 2. The summed E-state index contributed by atoms with van der Waals surface area (Å²) in [5.41, 5.74) is 0.662. The lowest BCUT2D eigenvalue weighted by molar-refractivity contribution is -0.125. The fraction of sp³-hybridized carbons (Fsp3) is 0.556. The van der Waals surface area contributed by atoms with Gasteiger partial charge in [0.2, 0.25) is 11.8 Å². The van der Waals surface area contributed by atoms with Crippen molar-refractivity contribution in [1.29, 1.82) is 0 Å². The van der Waals surface area contributed by atoms with Crippen molar-refractivity contribution in [3.63, 3.8) is 0 Å². The summed E-state index contributed by atoms with van der Waals surface area (Å²) in [6.45, 7) is 3.63. The van der Waals surface area contributed by atoms with E-state index in [1.54, 1.807) is 23.1 Å². The van der Waals surface area contributed by atoms with Crippen LogP contribution in [-0.4, -0.2) is 43.7 Å². The second-order valence-electron chi connectivity index (χ2n) is 6.48. The van der Waals surface area contributed by atoms with E-state index in [9.17, 15) is 9.59 Å². The van der Waals surface area contributed by atoms with Gasteiger partial charge in [0, 0.05) is 31.0 Å². The van der Waals surface area contributed by atoms with Crippen LogP contribution in [0.3, 0.4) is 0 Å². The fourth-order valence-electron chi connectivity index (χ4n) is 3.12. The second kappa shape index (κ2) is 8.06. The number of ether oxygens (including phenoxy) is 2. The molecule has 1 fully saturated rings. The van der Waals surface area contributed by atoms with Gasteiger partial charge in [0.15, 0.2) is 0 Å². The molecule has 1 saturated heterocycles. The maximum Gasteiger partial charge on any atom is 0.227 e. The first-order valence-corrected chi connectivity index (χ1v) is 9.05. The van der Waals surface area contributed by atoms with Gasteiger partial charge in [0.05, 0.1) is 18.3 Å². The Morgan fingerprint density at radius 2 is 2.20 bits per heavy atom. The zero-order valence-corrected chi connectivity index (χ0v) is 15.1. The van der Waals surface area contributed by atoms with Crippen molar-refractivity contribution < 1.29 is 19.1 Å². The molecule has 2 heterocycles. The van der Waals surface area contributed by atoms with E-state index in [2.05, 4.69) is 5.32 Å². The first-order chi connectivity index (χ1) is 12.0. The molecule has 0 bridgehead atoms. The van der Waals surface area contributed by atoms with Crippen LogP contribution in [-0.2, 0) is 14.3 Å². The van der Waals surface area contributed by atoms with Gasteiger partial charge in [0.1, 0.15) is 11.9 Å². The summed E-state index contributed by atoms with van der Waals surface area (Å²) in [5.74, 6) is 0.404. The number of rotatable bonds is 5. The SMILES string of the molecule is CC1CN(C(=O)CCC(=O)NCC2CCCO2)c2cc(Cl)ccc2O1. The first kappa shape index (κ1) is 18.0. The third-order valence-corrected chi connectivity index (χ3v) is 4.63. The van der Waals surface area contributed by atoms with Crippen molar-refractivity contribution in [2.45, 2.75) is 44.8 Å². The summed E-state index contributed by atoms with van der Waals surface area (Å²) in [6, 6.07) is 5.22. The number of hydrogen-bond donors (Lipinski definition) is 1. The van der Waals surface area contributed by atoms with Crippen molar-refractivity contribution in [1.82, 2.24) is 5.32 Å². The van der Waals surface area contributed by atoms with E-state index in [-0.39, 0.29) is 36.9 Å². The summed E-state index contributed by atoms with van der Waals surface area (Å²) in [5, 5.41) is 3.38. The standard InChI is InChI=1S/C18H23ClN2O4/c1-12-11-21(15-9-13(19)4-5-16(15)25-12)18(23)7-6-17(22)20-10-14-3-2-8-24-14/h4-5,9,12,14H,2-3,6-8,10-11H2,1H3,(H,20,22). The number of amides is 2. The Morgan fingerprint density at radius 1 is 1.36 bits per heavy atom. The molecule has 25 heavy (non-hydrogen) atoms. The molecule has 2 aliphatic rings. The maximum atomic E-state index is 12.6. The van der Waals surface area contributed by atoms with Crippen LogP contribution in [0.25, 0.3) is 0 Å². The zero-order valence-electron chi connectivity index (χ0n) is 14.3. The lowest BCUT2D eigenvalue weighted by atomic mass is 10.1. The van der Waals surface area contributed by atoms with Gasteiger partial charge < -0.3 is 19.7 Å². The molecule has 136 valence electrons. The van der Waals surface area contributed by atoms with Crippen LogP contribution >= 0.6 is 11.6 Å². The number of carbonyl (C=O) groups excluding carboxylic acids is 2. The monoisotopic (exact) mass is 366 g/mol. The summed E-state index contributed by atoms with van der Waals surface area (Å²) >= 11 is 6.04. The van der Waals surface area contributed by atoms with Crippen LogP contribution in [0, 0.1) is 0 Å². The molecule has 2 unspecified atom stereocenters. The molecule has 0 aromatic heterocycles. The molecule has 7 heteroatoms. The van der Waals surface area contributed by atoms with Gasteiger partial charge in [-0.25, -0.2) is 0 Å². The van der Waals surface area contributed by atoms with Crippen LogP contribution in [0.2, 0.25) is 5.02 Å². The highest BCUT2D eigenvalue weighted by atomic mass is 35.5. The highest BCUT2D eigenvalue weighted by molar-refractivity contribution is 6.31. The Hall–Kier alpha value is -1.79. The molecule has 0 radical (unpaired) electrons. The molecule has 2 aliphatic heterocycles. The lowest BCUT2D eigenvalue weighted by Gasteiger charge is -2.33. The van der Waals surface area contributed by atoms with Gasteiger partial charge in [0.25, 0.3) is 0 Å². The van der Waals surface area contributed by atoms with Crippen LogP contribution in [0.4, 0.5) is 5.69 Å². The minimum atomic E-state index is -0.128. The molecule has 1 aromatic carbocycles. The Balaban J connectivity index is 1.54. The molecule has 0 saturated carbocycles. The van der Waals surface area contributed by atoms with Gasteiger partial charge >= 0.3 is 0 Å². The highest BCUT2D eigenvalue weighted by Gasteiger charge is 2.28. The molecule has 3 rings (SSSR count). The molecule has 0 aliphatic carbocycles. The number of anilines is 1. The molecule has 1 N–H and O–H groups in total. The molecule has 2 atom stereocenters. The van der Waals surface area contributed by atoms with E-state index in [0.717, 1.165) is 19.4 Å². The molecular formula is C18H23ClN2O4. The number of halogens is 1. The predicted octanol–water partition coefficient (Wildman–Crippen LogP) is 2.53. The summed E-state index contributed by atoms with van der Waals surface area (Å²) < 4.78 is 11.2. The van der Waals surface area contributed by atoms with Crippen LogP contribution in [0.1, 0.15) is 32.6 Å². The van der Waals surface area contributed by atoms with Gasteiger partial charge in [-0.3, -0.25) is 9.59 Å². The van der Waals surface area contributed by atoms with Crippen molar-refractivity contribution in [2.75, 3.05) is 24.6 Å². The third kappa shape index (κ3) is 4.64. The zero-order chi connectivity index (χ0) is 17.8. The fourth-order valence-corrected chi connectivity index (χ4v) is 3.29. The quantitative estimate of drug-likeness (QED) is 0.869. The second-order valence-corrected chi connectivity index (χ2v) is 6.92. The average Bonchev–Trinajstić information content (AvgIpc) is 3.11. The Kier molecular flexibility index (Phi) is 5.81. The van der Waals surface area contributed by atoms with Gasteiger partial charge in [-0.2, -0.15) is 0 Å². The normalized spacial score (nSPS) is 22.2. The number of nitrogens with zero attached hydrogens (tertiary/aromatic N) is 1. The minimum Gasteiger partial charge on any atom is -0.487 e. The van der Waals surface area contributed by atoms with E-state index in [1.807, 2.05) is 6.92 Å². The summed E-state index contributed by atoms with van der Waals surface area (Å²) in [6.07, 6.45) is 2.32. The lowest BCUT2D eigenvalue weighted by Crippen LogP contribution is -2.42. The topological polar surface area (TPSA) is 67.9 Å². The van der Waals surface area contributed by atoms with Crippen LogP contribution in [0.5, 0.6) is 5.75 Å². The van der Waals surface area contributed by atoms with Crippen molar-refractivity contribution >= 4 is 29.1 Å². The van der Waals surface area contributed by atoms with E-state index in [0.29, 0.717) is 29.5 Å². The van der Waals surface area contributed by atoms with Crippen LogP contribution in [0.15, 0.2) is 18.2 Å². The minimum absolute atomic E-state index is 0.105. The first-order valence-electron chi connectivity index (χ1n) is 8.68. The Bertz CT molecular complexity index is 646.